The summed E-state index contributed by atoms with van der Waals surface area (Å²) in [5.74, 6) is 0. The predicted molar refractivity (Wildman–Crippen MR) is 120 cm³/mol. The first-order valence-corrected chi connectivity index (χ1v) is 12.2. The molecule has 0 N–H and O–H groups in total. The lowest BCUT2D eigenvalue weighted by Gasteiger charge is -2.04. The molecule has 1 heterocycles. The van der Waals surface area contributed by atoms with Crippen molar-refractivity contribution in [2.45, 2.75) is 136 Å². The molecule has 1 aromatic heterocycles. The van der Waals surface area contributed by atoms with Crippen LogP contribution < -0.4 is 4.57 Å². The quantitative estimate of drug-likeness (QED) is 0.179. The Morgan fingerprint density at radius 1 is 0.593 bits per heavy atom. The number of nitrogens with zero attached hydrogens (tertiary/aromatic N) is 1. The van der Waals surface area contributed by atoms with E-state index in [0.29, 0.717) is 6.04 Å². The summed E-state index contributed by atoms with van der Waals surface area (Å²) in [6, 6.07) is 5.16. The highest BCUT2D eigenvalue weighted by Crippen LogP contribution is 2.14. The summed E-state index contributed by atoms with van der Waals surface area (Å²) in [6.07, 6.45) is 28.8. The SMILES string of the molecule is CCCCCCCCCCCCCCCCCCc1cc[n+](C(C)C)cc1. The molecule has 0 bridgehead atoms. The molecule has 0 fully saturated rings. The van der Waals surface area contributed by atoms with Gasteiger partial charge in [0.25, 0.3) is 0 Å². The highest BCUT2D eigenvalue weighted by Gasteiger charge is 2.04. The molecule has 0 unspecified atom stereocenters. The van der Waals surface area contributed by atoms with Crippen molar-refractivity contribution in [1.29, 1.82) is 0 Å². The number of unbranched alkanes of at least 4 members (excludes halogenated alkanes) is 15. The van der Waals surface area contributed by atoms with Gasteiger partial charge in [-0.15, -0.1) is 0 Å². The summed E-state index contributed by atoms with van der Waals surface area (Å²) in [4.78, 5) is 0. The van der Waals surface area contributed by atoms with E-state index in [9.17, 15) is 0 Å². The largest absolute Gasteiger partial charge is 0.203 e. The fraction of sp³-hybridized carbons (Fsp3) is 0.808. The van der Waals surface area contributed by atoms with E-state index >= 15 is 0 Å². The average molecular weight is 375 g/mol. The second-order valence-electron chi connectivity index (χ2n) is 8.80. The Kier molecular flexibility index (Phi) is 15.5. The summed E-state index contributed by atoms with van der Waals surface area (Å²) in [6.45, 7) is 6.76. The van der Waals surface area contributed by atoms with Crippen LogP contribution in [-0.2, 0) is 6.42 Å². The number of hydrogen-bond donors (Lipinski definition) is 0. The maximum atomic E-state index is 2.30. The highest BCUT2D eigenvalue weighted by atomic mass is 15.0. The van der Waals surface area contributed by atoms with Crippen molar-refractivity contribution in [3.8, 4) is 0 Å². The van der Waals surface area contributed by atoms with E-state index in [1.165, 1.54) is 115 Å². The Balaban J connectivity index is 1.80. The van der Waals surface area contributed by atoms with Crippen molar-refractivity contribution >= 4 is 0 Å². The molecule has 0 aliphatic rings. The van der Waals surface area contributed by atoms with Crippen LogP contribution in [0.15, 0.2) is 24.5 Å². The van der Waals surface area contributed by atoms with Crippen molar-refractivity contribution in [3.05, 3.63) is 30.1 Å². The van der Waals surface area contributed by atoms with Crippen molar-refractivity contribution in [3.63, 3.8) is 0 Å². The fourth-order valence-electron chi connectivity index (χ4n) is 3.86. The molecule has 1 aromatic rings. The number of rotatable bonds is 18. The van der Waals surface area contributed by atoms with Crippen LogP contribution >= 0.6 is 0 Å². The van der Waals surface area contributed by atoms with Crippen LogP contribution in [0.3, 0.4) is 0 Å². The third kappa shape index (κ3) is 13.9. The van der Waals surface area contributed by atoms with Gasteiger partial charge in [0.05, 0.1) is 0 Å². The standard InChI is InChI=1S/C26H48N/c1-4-5-6-7-8-9-10-11-12-13-14-15-16-17-18-19-20-26-21-23-27(24-22-26)25(2)3/h21-25H,4-20H2,1-3H3/q+1. The normalized spacial score (nSPS) is 11.4. The lowest BCUT2D eigenvalue weighted by atomic mass is 10.0. The van der Waals surface area contributed by atoms with Crippen LogP contribution in [0.1, 0.15) is 135 Å². The van der Waals surface area contributed by atoms with Gasteiger partial charge in [-0.2, -0.15) is 0 Å². The van der Waals surface area contributed by atoms with E-state index in [2.05, 4.69) is 49.9 Å². The molecular formula is C26H48N+. The first-order chi connectivity index (χ1) is 13.2. The average Bonchev–Trinajstić information content (AvgIpc) is 2.68. The van der Waals surface area contributed by atoms with Gasteiger partial charge in [0.1, 0.15) is 0 Å². The molecule has 0 aliphatic heterocycles. The van der Waals surface area contributed by atoms with Gasteiger partial charge in [-0.1, -0.05) is 103 Å². The minimum atomic E-state index is 0.564. The minimum Gasteiger partial charge on any atom is -0.203 e. The molecule has 0 aliphatic carbocycles. The fourth-order valence-corrected chi connectivity index (χ4v) is 3.86. The van der Waals surface area contributed by atoms with Crippen LogP contribution in [0.2, 0.25) is 0 Å². The Labute approximate surface area is 171 Å². The van der Waals surface area contributed by atoms with E-state index in [0.717, 1.165) is 0 Å². The van der Waals surface area contributed by atoms with Gasteiger partial charge in [-0.05, 0) is 32.3 Å². The zero-order valence-corrected chi connectivity index (χ0v) is 18.9. The number of aryl methyl sites for hydroxylation is 1. The van der Waals surface area contributed by atoms with Gasteiger partial charge >= 0.3 is 0 Å². The predicted octanol–water partition coefficient (Wildman–Crippen LogP) is 8.36. The van der Waals surface area contributed by atoms with Gasteiger partial charge in [-0.25, -0.2) is 4.57 Å². The first-order valence-electron chi connectivity index (χ1n) is 12.2. The molecule has 0 spiro atoms. The van der Waals surface area contributed by atoms with Crippen LogP contribution in [0.4, 0.5) is 0 Å². The summed E-state index contributed by atoms with van der Waals surface area (Å²) < 4.78 is 2.27. The molecular weight excluding hydrogens is 326 g/mol. The summed E-state index contributed by atoms with van der Waals surface area (Å²) in [5, 5.41) is 0. The molecule has 156 valence electrons. The van der Waals surface area contributed by atoms with Gasteiger partial charge in [-0.3, -0.25) is 0 Å². The zero-order chi connectivity index (χ0) is 19.6. The van der Waals surface area contributed by atoms with E-state index in [1.54, 1.807) is 0 Å². The van der Waals surface area contributed by atoms with Gasteiger partial charge in [0, 0.05) is 12.1 Å². The first kappa shape index (κ1) is 24.2. The zero-order valence-electron chi connectivity index (χ0n) is 18.9. The van der Waals surface area contributed by atoms with Crippen molar-refractivity contribution in [2.24, 2.45) is 0 Å². The molecule has 0 aromatic carbocycles. The van der Waals surface area contributed by atoms with Gasteiger partial charge < -0.3 is 0 Å². The third-order valence-electron chi connectivity index (χ3n) is 5.84. The van der Waals surface area contributed by atoms with Crippen LogP contribution in [0, 0.1) is 0 Å². The lowest BCUT2D eigenvalue weighted by Crippen LogP contribution is -2.34. The molecule has 1 heteroatoms. The second-order valence-corrected chi connectivity index (χ2v) is 8.80. The van der Waals surface area contributed by atoms with Gasteiger partial charge in [0.2, 0.25) is 0 Å². The molecule has 0 saturated heterocycles. The maximum Gasteiger partial charge on any atom is 0.169 e. The van der Waals surface area contributed by atoms with Crippen molar-refractivity contribution in [1.82, 2.24) is 0 Å². The Morgan fingerprint density at radius 2 is 0.963 bits per heavy atom. The highest BCUT2D eigenvalue weighted by molar-refractivity contribution is 5.07. The second kappa shape index (κ2) is 17.3. The van der Waals surface area contributed by atoms with E-state index < -0.39 is 0 Å². The smallest absolute Gasteiger partial charge is 0.169 e. The molecule has 0 radical (unpaired) electrons. The van der Waals surface area contributed by atoms with Crippen LogP contribution in [0.5, 0.6) is 0 Å². The molecule has 27 heavy (non-hydrogen) atoms. The van der Waals surface area contributed by atoms with Crippen molar-refractivity contribution < 1.29 is 4.57 Å². The Morgan fingerprint density at radius 3 is 1.33 bits per heavy atom. The van der Waals surface area contributed by atoms with E-state index in [4.69, 9.17) is 0 Å². The topological polar surface area (TPSA) is 3.88 Å². The van der Waals surface area contributed by atoms with Crippen molar-refractivity contribution in [2.75, 3.05) is 0 Å². The Bertz CT molecular complexity index is 420. The Hall–Kier alpha value is -0.850. The number of hydrogen-bond acceptors (Lipinski definition) is 0. The molecule has 1 rings (SSSR count). The number of aromatic nitrogens is 1. The van der Waals surface area contributed by atoms with Crippen LogP contribution in [-0.4, -0.2) is 0 Å². The summed E-state index contributed by atoms with van der Waals surface area (Å²) in [5.41, 5.74) is 1.50. The van der Waals surface area contributed by atoms with E-state index in [-0.39, 0.29) is 0 Å². The van der Waals surface area contributed by atoms with Gasteiger partial charge in [0.15, 0.2) is 18.4 Å². The molecule has 0 atom stereocenters. The molecule has 0 amide bonds. The molecule has 0 saturated carbocycles. The third-order valence-corrected chi connectivity index (χ3v) is 5.84. The lowest BCUT2D eigenvalue weighted by molar-refractivity contribution is -0.716. The number of pyridine rings is 1. The monoisotopic (exact) mass is 374 g/mol. The molecule has 1 nitrogen and oxygen atoms in total. The summed E-state index contributed by atoms with van der Waals surface area (Å²) >= 11 is 0. The van der Waals surface area contributed by atoms with E-state index in [1.807, 2.05) is 0 Å². The summed E-state index contributed by atoms with van der Waals surface area (Å²) in [7, 11) is 0. The maximum absolute atomic E-state index is 2.30. The minimum absolute atomic E-state index is 0.564. The van der Waals surface area contributed by atoms with Crippen LogP contribution in [0.25, 0.3) is 0 Å².